The highest BCUT2D eigenvalue weighted by atomic mass is 19.4. The summed E-state index contributed by atoms with van der Waals surface area (Å²) < 4.78 is 72.2. The Labute approximate surface area is 244 Å². The third kappa shape index (κ3) is 9.03. The number of aromatic nitrogens is 4. The fourth-order valence-corrected chi connectivity index (χ4v) is 3.39. The van der Waals surface area contributed by atoms with Gasteiger partial charge in [-0.25, -0.2) is 19.7 Å². The first-order chi connectivity index (χ1) is 20.7. The van der Waals surface area contributed by atoms with Gasteiger partial charge in [-0.05, 0) is 24.3 Å². The lowest BCUT2D eigenvalue weighted by atomic mass is 10.1. The smallest absolute Gasteiger partial charge is 0.475 e. The number of aliphatic hydroxyl groups excluding tert-OH is 1. The number of nitrogens with zero attached hydrogens (tertiary/aromatic N) is 5. The number of carbonyl (C=O) groups excluding carboxylic acids is 1. The number of imidazole rings is 1. The van der Waals surface area contributed by atoms with Crippen molar-refractivity contribution in [1.29, 1.82) is 5.26 Å². The number of carboxylic acids is 1. The molecular weight excluding hydrogens is 602 g/mol. The van der Waals surface area contributed by atoms with Gasteiger partial charge in [0.05, 0.1) is 23.4 Å². The summed E-state index contributed by atoms with van der Waals surface area (Å²) in [5, 5.41) is 33.7. The summed E-state index contributed by atoms with van der Waals surface area (Å²) in [5.74, 6) is -2.36. The number of hydrogen-bond acceptors (Lipinski definition) is 9. The molecule has 0 saturated heterocycles. The fourth-order valence-electron chi connectivity index (χ4n) is 3.39. The van der Waals surface area contributed by atoms with Crippen molar-refractivity contribution in [2.75, 3.05) is 36.9 Å². The van der Waals surface area contributed by atoms with Crippen LogP contribution in [0.3, 0.4) is 0 Å². The van der Waals surface area contributed by atoms with Gasteiger partial charge >= 0.3 is 18.3 Å². The molecule has 0 saturated carbocycles. The number of aliphatic carboxylic acids is 1. The second-order valence-electron chi connectivity index (χ2n) is 8.57. The number of nitrogens with one attached hydrogen (secondary N) is 3. The van der Waals surface area contributed by atoms with E-state index in [4.69, 9.17) is 20.3 Å². The summed E-state index contributed by atoms with van der Waals surface area (Å²) in [5.41, 5.74) is 0.897. The van der Waals surface area contributed by atoms with Gasteiger partial charge in [0.1, 0.15) is 23.2 Å². The molecule has 0 radical (unpaired) electrons. The van der Waals surface area contributed by atoms with Gasteiger partial charge in [0, 0.05) is 43.7 Å². The minimum atomic E-state index is -5.08. The number of halogens is 6. The van der Waals surface area contributed by atoms with Crippen LogP contribution in [0.15, 0.2) is 54.9 Å². The zero-order valence-corrected chi connectivity index (χ0v) is 22.2. The largest absolute Gasteiger partial charge is 0.490 e. The number of hydrogen-bond donors (Lipinski definition) is 5. The highest BCUT2D eigenvalue weighted by molar-refractivity contribution is 5.93. The van der Waals surface area contributed by atoms with Gasteiger partial charge in [-0.3, -0.25) is 9.20 Å². The Kier molecular flexibility index (Phi) is 10.6. The Morgan fingerprint density at radius 3 is 2.16 bits per heavy atom. The van der Waals surface area contributed by atoms with E-state index in [1.807, 2.05) is 6.07 Å². The van der Waals surface area contributed by atoms with Crippen LogP contribution in [0, 0.1) is 11.3 Å². The molecular formula is C26H22F6N8O4. The van der Waals surface area contributed by atoms with E-state index in [0.29, 0.717) is 47.3 Å². The van der Waals surface area contributed by atoms with Crippen LogP contribution in [0.25, 0.3) is 16.9 Å². The Morgan fingerprint density at radius 1 is 0.955 bits per heavy atom. The molecule has 4 aromatic rings. The molecule has 0 fully saturated rings. The molecule has 12 nitrogen and oxygen atoms in total. The van der Waals surface area contributed by atoms with Crippen LogP contribution in [0.4, 0.5) is 38.1 Å². The van der Waals surface area contributed by atoms with E-state index < -0.39 is 29.8 Å². The van der Waals surface area contributed by atoms with Crippen LogP contribution < -0.4 is 16.0 Å². The van der Waals surface area contributed by atoms with Gasteiger partial charge in [-0.1, -0.05) is 12.1 Å². The molecule has 0 aliphatic heterocycles. The summed E-state index contributed by atoms with van der Waals surface area (Å²) >= 11 is 0. The summed E-state index contributed by atoms with van der Waals surface area (Å²) in [6.07, 6.45) is -6.62. The van der Waals surface area contributed by atoms with Gasteiger partial charge in [-0.2, -0.15) is 31.6 Å². The van der Waals surface area contributed by atoms with Crippen molar-refractivity contribution in [1.82, 2.24) is 24.7 Å². The van der Waals surface area contributed by atoms with Crippen LogP contribution >= 0.6 is 0 Å². The quantitative estimate of drug-likeness (QED) is 0.137. The van der Waals surface area contributed by atoms with Crippen molar-refractivity contribution < 1.29 is 46.1 Å². The topological polar surface area (TPSA) is 178 Å². The molecule has 0 aliphatic rings. The van der Waals surface area contributed by atoms with Crippen LogP contribution in [0.1, 0.15) is 21.6 Å². The van der Waals surface area contributed by atoms with Gasteiger partial charge < -0.3 is 26.2 Å². The zero-order chi connectivity index (χ0) is 32.5. The highest BCUT2D eigenvalue weighted by Crippen LogP contribution is 2.31. The SMILES string of the molecule is N#Cc1ccc(NCCNc2nc(-c3ccc(C(F)(F)F)cc3)cc3nc(C(=O)NCCO)cn23)nc1.O=C(O)C(F)(F)F. The number of amides is 1. The van der Waals surface area contributed by atoms with Gasteiger partial charge in [0.25, 0.3) is 5.91 Å². The molecule has 4 rings (SSSR count). The first-order valence-electron chi connectivity index (χ1n) is 12.3. The molecule has 44 heavy (non-hydrogen) atoms. The number of pyridine rings is 1. The summed E-state index contributed by atoms with van der Waals surface area (Å²) in [4.78, 5) is 34.2. The summed E-state index contributed by atoms with van der Waals surface area (Å²) in [6, 6.07) is 11.5. The van der Waals surface area contributed by atoms with E-state index in [2.05, 4.69) is 30.9 Å². The molecule has 3 heterocycles. The average Bonchev–Trinajstić information content (AvgIpc) is 3.42. The Balaban J connectivity index is 0.000000676. The molecule has 232 valence electrons. The number of nitriles is 1. The zero-order valence-electron chi connectivity index (χ0n) is 22.2. The fraction of sp³-hybridized carbons (Fsp3) is 0.231. The van der Waals surface area contributed by atoms with Crippen LogP contribution in [0.5, 0.6) is 0 Å². The average molecular weight is 625 g/mol. The normalized spacial score (nSPS) is 11.2. The summed E-state index contributed by atoms with van der Waals surface area (Å²) in [6.45, 7) is 0.615. The van der Waals surface area contributed by atoms with Gasteiger partial charge in [0.15, 0.2) is 0 Å². The second-order valence-corrected chi connectivity index (χ2v) is 8.57. The van der Waals surface area contributed by atoms with E-state index in [9.17, 15) is 31.1 Å². The van der Waals surface area contributed by atoms with Crippen molar-refractivity contribution in [2.24, 2.45) is 0 Å². The third-order valence-electron chi connectivity index (χ3n) is 5.44. The van der Waals surface area contributed by atoms with Crippen molar-refractivity contribution >= 4 is 29.3 Å². The molecule has 3 aromatic heterocycles. The number of carbonyl (C=O) groups is 2. The molecule has 0 aliphatic carbocycles. The van der Waals surface area contributed by atoms with Crippen molar-refractivity contribution in [3.8, 4) is 17.3 Å². The monoisotopic (exact) mass is 624 g/mol. The molecule has 0 bridgehead atoms. The number of alkyl halides is 6. The van der Waals surface area contributed by atoms with E-state index in [0.717, 1.165) is 12.1 Å². The highest BCUT2D eigenvalue weighted by Gasteiger charge is 2.38. The number of rotatable bonds is 9. The predicted octanol–water partition coefficient (Wildman–Crippen LogP) is 3.56. The van der Waals surface area contributed by atoms with Crippen molar-refractivity contribution in [3.63, 3.8) is 0 Å². The van der Waals surface area contributed by atoms with Gasteiger partial charge in [0.2, 0.25) is 5.95 Å². The molecule has 0 spiro atoms. The molecule has 1 aromatic carbocycles. The van der Waals surface area contributed by atoms with Crippen molar-refractivity contribution in [3.05, 3.63) is 71.7 Å². The maximum absolute atomic E-state index is 13.0. The summed E-state index contributed by atoms with van der Waals surface area (Å²) in [7, 11) is 0. The van der Waals surface area contributed by atoms with Crippen LogP contribution in [-0.2, 0) is 11.0 Å². The predicted molar refractivity (Wildman–Crippen MR) is 142 cm³/mol. The lowest BCUT2D eigenvalue weighted by Gasteiger charge is -2.12. The molecule has 1 amide bonds. The number of fused-ring (bicyclic) bond motifs is 1. The maximum atomic E-state index is 13.0. The molecule has 5 N–H and O–H groups in total. The number of aliphatic hydroxyl groups is 1. The maximum Gasteiger partial charge on any atom is 0.490 e. The van der Waals surface area contributed by atoms with Crippen molar-refractivity contribution in [2.45, 2.75) is 12.4 Å². The van der Waals surface area contributed by atoms with Gasteiger partial charge in [-0.15, -0.1) is 0 Å². The van der Waals surface area contributed by atoms with E-state index in [-0.39, 0.29) is 18.8 Å². The van der Waals surface area contributed by atoms with E-state index in [1.165, 1.54) is 24.5 Å². The number of benzene rings is 1. The van der Waals surface area contributed by atoms with E-state index >= 15 is 0 Å². The van der Waals surface area contributed by atoms with Crippen LogP contribution in [0.2, 0.25) is 0 Å². The molecule has 0 atom stereocenters. The minimum Gasteiger partial charge on any atom is -0.475 e. The third-order valence-corrected chi connectivity index (χ3v) is 5.44. The molecule has 0 unspecified atom stereocenters. The first-order valence-corrected chi connectivity index (χ1v) is 12.3. The lowest BCUT2D eigenvalue weighted by Crippen LogP contribution is -2.26. The number of anilines is 2. The van der Waals surface area contributed by atoms with E-state index in [1.54, 1.807) is 22.6 Å². The minimum absolute atomic E-state index is 0.0575. The number of carboxylic acid groups (broad SMARTS) is 1. The van der Waals surface area contributed by atoms with Crippen LogP contribution in [-0.4, -0.2) is 73.9 Å². The lowest BCUT2D eigenvalue weighted by molar-refractivity contribution is -0.192. The Morgan fingerprint density at radius 2 is 1.61 bits per heavy atom. The standard InChI is InChI=1S/C24H21F3N8O2.C2HF3O2/c25-24(26,27)17-4-2-16(3-5-17)18-11-21-33-19(22(37)30-9-10-36)14-35(21)23(34-18)31-8-7-29-20-6-1-15(12-28)13-32-20;3-2(4,5)1(6)7/h1-6,11,13-14,36H,7-10H2,(H,29,32)(H,30,37)(H,31,34);(H,6,7). The molecule has 18 heteroatoms. The second kappa shape index (κ2) is 14.2. The first kappa shape index (κ1) is 33.1. The Hall–Kier alpha value is -5.44. The Bertz CT molecular complexity index is 1630.